The SMILES string of the molecule is C[C@@H](OCC1CC1)C(=O)N1CC[C@@H](Oc2cccnc2N2CCCC2)C1. The van der Waals surface area contributed by atoms with Crippen molar-refractivity contribution in [1.29, 1.82) is 0 Å². The van der Waals surface area contributed by atoms with Gasteiger partial charge in [0, 0.05) is 32.3 Å². The lowest BCUT2D eigenvalue weighted by molar-refractivity contribution is -0.142. The van der Waals surface area contributed by atoms with Gasteiger partial charge in [0.2, 0.25) is 0 Å². The smallest absolute Gasteiger partial charge is 0.251 e. The third-order valence-corrected chi connectivity index (χ3v) is 5.53. The lowest BCUT2D eigenvalue weighted by Crippen LogP contribution is -2.39. The Morgan fingerprint density at radius 1 is 1.27 bits per heavy atom. The number of aromatic nitrogens is 1. The van der Waals surface area contributed by atoms with Crippen molar-refractivity contribution in [1.82, 2.24) is 9.88 Å². The number of carbonyl (C=O) groups is 1. The molecule has 1 aliphatic carbocycles. The van der Waals surface area contributed by atoms with Crippen LogP contribution in [0.2, 0.25) is 0 Å². The molecule has 3 fully saturated rings. The lowest BCUT2D eigenvalue weighted by atomic mass is 10.3. The van der Waals surface area contributed by atoms with Crippen molar-refractivity contribution in [2.75, 3.05) is 37.7 Å². The molecule has 0 N–H and O–H groups in total. The van der Waals surface area contributed by atoms with Crippen LogP contribution in [0.3, 0.4) is 0 Å². The van der Waals surface area contributed by atoms with Crippen molar-refractivity contribution < 1.29 is 14.3 Å². The second-order valence-electron chi connectivity index (χ2n) is 7.75. The molecule has 0 bridgehead atoms. The standard InChI is InChI=1S/C20H29N3O3/c1-15(25-14-16-6-7-16)20(24)23-12-8-17(13-23)26-18-5-4-9-21-19(18)22-10-2-3-11-22/h4-5,9,15-17H,2-3,6-8,10-14H2,1H3/t15-,17-/m1/s1. The van der Waals surface area contributed by atoms with E-state index in [9.17, 15) is 4.79 Å². The van der Waals surface area contributed by atoms with E-state index in [0.29, 0.717) is 12.5 Å². The summed E-state index contributed by atoms with van der Waals surface area (Å²) < 4.78 is 12.0. The molecule has 2 aliphatic heterocycles. The first kappa shape index (κ1) is 17.6. The number of amides is 1. The summed E-state index contributed by atoms with van der Waals surface area (Å²) in [5.41, 5.74) is 0. The molecule has 0 radical (unpaired) electrons. The van der Waals surface area contributed by atoms with Crippen molar-refractivity contribution in [3.63, 3.8) is 0 Å². The maximum absolute atomic E-state index is 12.6. The van der Waals surface area contributed by atoms with Gasteiger partial charge in [0.25, 0.3) is 5.91 Å². The van der Waals surface area contributed by atoms with E-state index in [1.807, 2.05) is 30.2 Å². The number of anilines is 1. The van der Waals surface area contributed by atoms with E-state index in [0.717, 1.165) is 44.2 Å². The number of pyridine rings is 1. The van der Waals surface area contributed by atoms with Gasteiger partial charge in [-0.25, -0.2) is 4.98 Å². The van der Waals surface area contributed by atoms with Crippen LogP contribution in [-0.2, 0) is 9.53 Å². The minimum atomic E-state index is -0.354. The van der Waals surface area contributed by atoms with Crippen molar-refractivity contribution in [2.24, 2.45) is 5.92 Å². The molecule has 4 rings (SSSR count). The summed E-state index contributed by atoms with van der Waals surface area (Å²) in [6, 6.07) is 3.91. The van der Waals surface area contributed by atoms with Crippen LogP contribution in [0, 0.1) is 5.92 Å². The molecule has 1 amide bonds. The summed E-state index contributed by atoms with van der Waals surface area (Å²) in [4.78, 5) is 21.3. The molecular formula is C20H29N3O3. The van der Waals surface area contributed by atoms with Crippen LogP contribution >= 0.6 is 0 Å². The fourth-order valence-corrected chi connectivity index (χ4v) is 3.74. The van der Waals surface area contributed by atoms with Crippen LogP contribution in [0.5, 0.6) is 5.75 Å². The number of hydrogen-bond acceptors (Lipinski definition) is 5. The number of ether oxygens (including phenoxy) is 2. The Labute approximate surface area is 155 Å². The molecule has 6 nitrogen and oxygen atoms in total. The van der Waals surface area contributed by atoms with Gasteiger partial charge in [-0.1, -0.05) is 0 Å². The zero-order valence-electron chi connectivity index (χ0n) is 15.6. The third-order valence-electron chi connectivity index (χ3n) is 5.53. The average molecular weight is 359 g/mol. The Kier molecular flexibility index (Phi) is 5.29. The Hall–Kier alpha value is -1.82. The van der Waals surface area contributed by atoms with Gasteiger partial charge in [-0.05, 0) is 50.7 Å². The zero-order valence-corrected chi connectivity index (χ0v) is 15.6. The van der Waals surface area contributed by atoms with Crippen LogP contribution in [-0.4, -0.2) is 60.8 Å². The Balaban J connectivity index is 1.32. The van der Waals surface area contributed by atoms with E-state index in [4.69, 9.17) is 9.47 Å². The molecule has 3 aliphatic rings. The first-order valence-corrected chi connectivity index (χ1v) is 9.97. The van der Waals surface area contributed by atoms with Crippen LogP contribution < -0.4 is 9.64 Å². The second kappa shape index (κ2) is 7.82. The van der Waals surface area contributed by atoms with E-state index in [2.05, 4.69) is 9.88 Å². The largest absolute Gasteiger partial charge is 0.485 e. The normalized spacial score (nSPS) is 24.1. The van der Waals surface area contributed by atoms with E-state index >= 15 is 0 Å². The van der Waals surface area contributed by atoms with E-state index in [-0.39, 0.29) is 18.1 Å². The monoisotopic (exact) mass is 359 g/mol. The summed E-state index contributed by atoms with van der Waals surface area (Å²) >= 11 is 0. The molecule has 6 heteroatoms. The predicted octanol–water partition coefficient (Wildman–Crippen LogP) is 2.48. The summed E-state index contributed by atoms with van der Waals surface area (Å²) in [6.45, 7) is 6.03. The third kappa shape index (κ3) is 4.11. The molecule has 1 aromatic heterocycles. The van der Waals surface area contributed by atoms with Gasteiger partial charge in [0.1, 0.15) is 12.2 Å². The number of rotatable bonds is 7. The first-order chi connectivity index (χ1) is 12.7. The Morgan fingerprint density at radius 3 is 2.85 bits per heavy atom. The quantitative estimate of drug-likeness (QED) is 0.749. The summed E-state index contributed by atoms with van der Waals surface area (Å²) in [7, 11) is 0. The highest BCUT2D eigenvalue weighted by Crippen LogP contribution is 2.31. The van der Waals surface area contributed by atoms with E-state index < -0.39 is 0 Å². The highest BCUT2D eigenvalue weighted by Gasteiger charge is 2.32. The van der Waals surface area contributed by atoms with Gasteiger partial charge >= 0.3 is 0 Å². The molecule has 0 spiro atoms. The Bertz CT molecular complexity index is 628. The summed E-state index contributed by atoms with van der Waals surface area (Å²) in [6.07, 6.45) is 7.25. The number of nitrogens with zero attached hydrogens (tertiary/aromatic N) is 3. The molecule has 2 atom stereocenters. The first-order valence-electron chi connectivity index (χ1n) is 9.97. The van der Waals surface area contributed by atoms with Crippen LogP contribution in [0.15, 0.2) is 18.3 Å². The summed E-state index contributed by atoms with van der Waals surface area (Å²) in [5, 5.41) is 0. The molecule has 1 saturated carbocycles. The van der Waals surface area contributed by atoms with Gasteiger partial charge < -0.3 is 19.3 Å². The minimum Gasteiger partial charge on any atom is -0.485 e. The van der Waals surface area contributed by atoms with Crippen LogP contribution in [0.4, 0.5) is 5.82 Å². The molecule has 0 unspecified atom stereocenters. The number of carbonyl (C=O) groups excluding carboxylic acids is 1. The van der Waals surface area contributed by atoms with Crippen molar-refractivity contribution in [2.45, 2.75) is 51.2 Å². The molecule has 1 aromatic rings. The van der Waals surface area contributed by atoms with Crippen molar-refractivity contribution >= 4 is 11.7 Å². The van der Waals surface area contributed by atoms with Crippen molar-refractivity contribution in [3.05, 3.63) is 18.3 Å². The second-order valence-corrected chi connectivity index (χ2v) is 7.75. The lowest BCUT2D eigenvalue weighted by Gasteiger charge is -2.23. The number of hydrogen-bond donors (Lipinski definition) is 0. The topological polar surface area (TPSA) is 54.9 Å². The van der Waals surface area contributed by atoms with Gasteiger partial charge in [-0.15, -0.1) is 0 Å². The summed E-state index contributed by atoms with van der Waals surface area (Å²) in [5.74, 6) is 2.54. The zero-order chi connectivity index (χ0) is 17.9. The molecule has 142 valence electrons. The number of likely N-dealkylation sites (tertiary alicyclic amines) is 1. The highest BCUT2D eigenvalue weighted by molar-refractivity contribution is 5.80. The molecule has 2 saturated heterocycles. The van der Waals surface area contributed by atoms with Gasteiger partial charge in [0.15, 0.2) is 11.6 Å². The minimum absolute atomic E-state index is 0.0279. The predicted molar refractivity (Wildman–Crippen MR) is 99.4 cm³/mol. The highest BCUT2D eigenvalue weighted by atomic mass is 16.5. The average Bonchev–Trinajstić information content (AvgIpc) is 3.12. The van der Waals surface area contributed by atoms with Gasteiger partial charge in [-0.2, -0.15) is 0 Å². The molecule has 26 heavy (non-hydrogen) atoms. The van der Waals surface area contributed by atoms with Gasteiger partial charge in [0.05, 0.1) is 13.2 Å². The van der Waals surface area contributed by atoms with E-state index in [1.165, 1.54) is 25.7 Å². The fraction of sp³-hybridized carbons (Fsp3) is 0.700. The van der Waals surface area contributed by atoms with Crippen LogP contribution in [0.1, 0.15) is 39.0 Å². The molecule has 0 aromatic carbocycles. The van der Waals surface area contributed by atoms with Gasteiger partial charge in [-0.3, -0.25) is 4.79 Å². The van der Waals surface area contributed by atoms with Crippen LogP contribution in [0.25, 0.3) is 0 Å². The van der Waals surface area contributed by atoms with E-state index in [1.54, 1.807) is 0 Å². The maximum Gasteiger partial charge on any atom is 0.251 e. The maximum atomic E-state index is 12.6. The molecular weight excluding hydrogens is 330 g/mol. The molecule has 3 heterocycles. The van der Waals surface area contributed by atoms with Crippen molar-refractivity contribution in [3.8, 4) is 5.75 Å². The fourth-order valence-electron chi connectivity index (χ4n) is 3.74. The Morgan fingerprint density at radius 2 is 2.08 bits per heavy atom.